The molecule has 0 amide bonds. The summed E-state index contributed by atoms with van der Waals surface area (Å²) in [6.45, 7) is 3.38. The molecule has 0 saturated heterocycles. The number of nitrogens with one attached hydrogen (secondary N) is 1. The van der Waals surface area contributed by atoms with Crippen molar-refractivity contribution in [2.24, 2.45) is 0 Å². The van der Waals surface area contributed by atoms with Gasteiger partial charge in [-0.2, -0.15) is 4.52 Å². The second-order valence-electron chi connectivity index (χ2n) is 5.02. The van der Waals surface area contributed by atoms with Gasteiger partial charge in [-0.15, -0.1) is 5.10 Å². The van der Waals surface area contributed by atoms with E-state index < -0.39 is 0 Å². The summed E-state index contributed by atoms with van der Waals surface area (Å²) in [6.07, 6.45) is 0. The summed E-state index contributed by atoms with van der Waals surface area (Å²) in [5.74, 6) is 0. The van der Waals surface area contributed by atoms with E-state index in [1.165, 1.54) is 27.6 Å². The van der Waals surface area contributed by atoms with Crippen molar-refractivity contribution in [3.05, 3.63) is 52.4 Å². The lowest BCUT2D eigenvalue weighted by atomic mass is 10.3. The molecule has 6 nitrogen and oxygen atoms in total. The van der Waals surface area contributed by atoms with Crippen LogP contribution in [0, 0.1) is 6.92 Å². The molecule has 0 fully saturated rings. The van der Waals surface area contributed by atoms with Gasteiger partial charge in [0.25, 0.3) is 5.56 Å². The molecule has 0 bridgehead atoms. The molecule has 1 aromatic carbocycles. The van der Waals surface area contributed by atoms with Crippen LogP contribution in [0.1, 0.15) is 5.69 Å². The van der Waals surface area contributed by atoms with Gasteiger partial charge in [-0.05, 0) is 19.1 Å². The quantitative estimate of drug-likeness (QED) is 0.780. The third kappa shape index (κ3) is 3.09. The highest BCUT2D eigenvalue weighted by Gasteiger charge is 2.07. The molecule has 3 aromatic rings. The van der Waals surface area contributed by atoms with E-state index in [9.17, 15) is 4.79 Å². The molecular weight excluding hydrogens is 298 g/mol. The van der Waals surface area contributed by atoms with Gasteiger partial charge in [0.1, 0.15) is 0 Å². The Labute approximate surface area is 132 Å². The monoisotopic (exact) mass is 315 g/mol. The average molecular weight is 315 g/mol. The third-order valence-corrected chi connectivity index (χ3v) is 4.16. The maximum Gasteiger partial charge on any atom is 0.275 e. The Balaban J connectivity index is 1.65. The SMILES string of the molecule is Cc1cc(=O)n2nc(NCCN(C)c3ccccc3)sc2n1. The van der Waals surface area contributed by atoms with Gasteiger partial charge in [-0.25, -0.2) is 4.98 Å². The van der Waals surface area contributed by atoms with Crippen molar-refractivity contribution >= 4 is 27.1 Å². The molecule has 0 aliphatic heterocycles. The van der Waals surface area contributed by atoms with Gasteiger partial charge in [0.15, 0.2) is 0 Å². The van der Waals surface area contributed by atoms with Crippen LogP contribution in [0.5, 0.6) is 0 Å². The van der Waals surface area contributed by atoms with Crippen LogP contribution < -0.4 is 15.8 Å². The number of benzene rings is 1. The van der Waals surface area contributed by atoms with Crippen LogP contribution in [0.4, 0.5) is 10.8 Å². The lowest BCUT2D eigenvalue weighted by Gasteiger charge is -2.18. The Morgan fingerprint density at radius 2 is 2.09 bits per heavy atom. The summed E-state index contributed by atoms with van der Waals surface area (Å²) in [5, 5.41) is 8.21. The lowest BCUT2D eigenvalue weighted by Crippen LogP contribution is -2.24. The molecule has 0 aliphatic carbocycles. The number of hydrogen-bond donors (Lipinski definition) is 1. The molecule has 0 radical (unpaired) electrons. The number of hydrogen-bond acceptors (Lipinski definition) is 6. The second kappa shape index (κ2) is 6.15. The topological polar surface area (TPSA) is 62.5 Å². The molecule has 7 heteroatoms. The zero-order valence-electron chi connectivity index (χ0n) is 12.5. The fourth-order valence-corrected chi connectivity index (χ4v) is 3.01. The van der Waals surface area contributed by atoms with Crippen molar-refractivity contribution < 1.29 is 0 Å². The molecule has 114 valence electrons. The zero-order chi connectivity index (χ0) is 15.5. The standard InChI is InChI=1S/C15H17N5OS/c1-11-10-13(21)20-15(17-11)22-14(18-20)16-8-9-19(2)12-6-4-3-5-7-12/h3-7,10H,8-9H2,1-2H3,(H,16,18). The molecule has 2 heterocycles. The minimum atomic E-state index is -0.145. The predicted octanol–water partition coefficient (Wildman–Crippen LogP) is 2.01. The van der Waals surface area contributed by atoms with Gasteiger partial charge >= 0.3 is 0 Å². The van der Waals surface area contributed by atoms with Crippen LogP contribution in [-0.4, -0.2) is 34.7 Å². The molecule has 2 aromatic heterocycles. The van der Waals surface area contributed by atoms with Gasteiger partial charge in [0.2, 0.25) is 10.1 Å². The normalized spacial score (nSPS) is 10.8. The number of aryl methyl sites for hydroxylation is 1. The fourth-order valence-electron chi connectivity index (χ4n) is 2.13. The minimum Gasteiger partial charge on any atom is -0.373 e. The Kier molecular flexibility index (Phi) is 4.06. The third-order valence-electron chi connectivity index (χ3n) is 3.29. The number of para-hydroxylation sites is 1. The highest BCUT2D eigenvalue weighted by molar-refractivity contribution is 7.20. The van der Waals surface area contributed by atoms with E-state index in [-0.39, 0.29) is 5.56 Å². The van der Waals surface area contributed by atoms with Crippen molar-refractivity contribution in [2.45, 2.75) is 6.92 Å². The van der Waals surface area contributed by atoms with Crippen LogP contribution in [0.15, 0.2) is 41.2 Å². The molecule has 0 aliphatic rings. The van der Waals surface area contributed by atoms with E-state index in [0.717, 1.165) is 13.1 Å². The van der Waals surface area contributed by atoms with E-state index in [1.807, 2.05) is 32.2 Å². The molecule has 0 spiro atoms. The summed E-state index contributed by atoms with van der Waals surface area (Å²) in [6, 6.07) is 11.7. The Morgan fingerprint density at radius 3 is 2.86 bits per heavy atom. The predicted molar refractivity (Wildman–Crippen MR) is 90.1 cm³/mol. The average Bonchev–Trinajstić information content (AvgIpc) is 2.91. The number of fused-ring (bicyclic) bond motifs is 1. The first-order valence-electron chi connectivity index (χ1n) is 7.01. The van der Waals surface area contributed by atoms with Crippen LogP contribution in [0.2, 0.25) is 0 Å². The molecule has 0 saturated carbocycles. The summed E-state index contributed by atoms with van der Waals surface area (Å²) < 4.78 is 1.33. The summed E-state index contributed by atoms with van der Waals surface area (Å²) >= 11 is 1.38. The van der Waals surface area contributed by atoms with E-state index >= 15 is 0 Å². The van der Waals surface area contributed by atoms with Crippen molar-refractivity contribution in [2.75, 3.05) is 30.4 Å². The summed E-state index contributed by atoms with van der Waals surface area (Å²) in [7, 11) is 2.05. The maximum absolute atomic E-state index is 11.8. The van der Waals surface area contributed by atoms with Crippen molar-refractivity contribution in [3.8, 4) is 0 Å². The van der Waals surface area contributed by atoms with E-state index in [0.29, 0.717) is 15.8 Å². The van der Waals surface area contributed by atoms with Crippen LogP contribution in [0.3, 0.4) is 0 Å². The Bertz CT molecular complexity index is 827. The first kappa shape index (κ1) is 14.5. The minimum absolute atomic E-state index is 0.145. The van der Waals surface area contributed by atoms with Crippen LogP contribution >= 0.6 is 11.3 Å². The molecule has 0 atom stereocenters. The highest BCUT2D eigenvalue weighted by Crippen LogP contribution is 2.16. The maximum atomic E-state index is 11.8. The fraction of sp³-hybridized carbons (Fsp3) is 0.267. The molecule has 22 heavy (non-hydrogen) atoms. The highest BCUT2D eigenvalue weighted by atomic mass is 32.1. The number of likely N-dealkylation sites (N-methyl/N-ethyl adjacent to an activating group) is 1. The summed E-state index contributed by atoms with van der Waals surface area (Å²) in [5.41, 5.74) is 1.74. The van der Waals surface area contributed by atoms with Crippen molar-refractivity contribution in [1.29, 1.82) is 0 Å². The number of aromatic nitrogens is 3. The van der Waals surface area contributed by atoms with Gasteiger partial charge in [-0.3, -0.25) is 4.79 Å². The van der Waals surface area contributed by atoms with Crippen molar-refractivity contribution in [1.82, 2.24) is 14.6 Å². The smallest absolute Gasteiger partial charge is 0.275 e. The Morgan fingerprint density at radius 1 is 1.32 bits per heavy atom. The van der Waals surface area contributed by atoms with E-state index in [2.05, 4.69) is 32.4 Å². The van der Waals surface area contributed by atoms with E-state index in [4.69, 9.17) is 0 Å². The van der Waals surface area contributed by atoms with Gasteiger partial charge < -0.3 is 10.2 Å². The Hall–Kier alpha value is -2.41. The van der Waals surface area contributed by atoms with Gasteiger partial charge in [-0.1, -0.05) is 29.5 Å². The summed E-state index contributed by atoms with van der Waals surface area (Å²) in [4.78, 5) is 18.9. The van der Waals surface area contributed by atoms with Gasteiger partial charge in [0.05, 0.1) is 0 Å². The van der Waals surface area contributed by atoms with Crippen LogP contribution in [0.25, 0.3) is 4.96 Å². The number of nitrogens with zero attached hydrogens (tertiary/aromatic N) is 4. The first-order chi connectivity index (χ1) is 10.6. The number of rotatable bonds is 5. The molecule has 3 rings (SSSR count). The number of anilines is 2. The first-order valence-corrected chi connectivity index (χ1v) is 7.83. The van der Waals surface area contributed by atoms with Crippen LogP contribution in [-0.2, 0) is 0 Å². The largest absolute Gasteiger partial charge is 0.373 e. The lowest BCUT2D eigenvalue weighted by molar-refractivity contribution is 0.873. The van der Waals surface area contributed by atoms with E-state index in [1.54, 1.807) is 0 Å². The van der Waals surface area contributed by atoms with Gasteiger partial charge in [0, 0.05) is 37.6 Å². The molecule has 1 N–H and O–H groups in total. The molecule has 0 unspecified atom stereocenters. The second-order valence-corrected chi connectivity index (χ2v) is 5.98. The zero-order valence-corrected chi connectivity index (χ0v) is 13.3. The van der Waals surface area contributed by atoms with Crippen molar-refractivity contribution in [3.63, 3.8) is 0 Å². The molecular formula is C15H17N5OS.